The van der Waals surface area contributed by atoms with Crippen LogP contribution in [0.3, 0.4) is 0 Å². The minimum Gasteiger partial charge on any atom is -0.605 e. The van der Waals surface area contributed by atoms with Crippen molar-refractivity contribution < 1.29 is 4.11 Å². The first-order valence-electron chi connectivity index (χ1n) is 3.02. The van der Waals surface area contributed by atoms with Crippen molar-refractivity contribution in [2.75, 3.05) is 0 Å². The molecule has 1 aromatic rings. The summed E-state index contributed by atoms with van der Waals surface area (Å²) in [5, 5.41) is 11.1. The highest BCUT2D eigenvalue weighted by Crippen LogP contribution is 2.24. The predicted octanol–water partition coefficient (Wildman–Crippen LogP) is 2.52. The van der Waals surface area contributed by atoms with E-state index in [1.807, 2.05) is 13.0 Å². The molecule has 4 heteroatoms. The summed E-state index contributed by atoms with van der Waals surface area (Å²) in [5.74, 6) is 0. The minimum absolute atomic E-state index is 0.335. The van der Waals surface area contributed by atoms with Crippen LogP contribution >= 0.6 is 11.6 Å². The molecule has 0 aliphatic rings. The van der Waals surface area contributed by atoms with Gasteiger partial charge in [-0.2, -0.15) is 0 Å². The van der Waals surface area contributed by atoms with E-state index < -0.39 is 0 Å². The van der Waals surface area contributed by atoms with Crippen molar-refractivity contribution in [2.45, 2.75) is 6.92 Å². The molecular formula is C7H6ClNOS. The lowest BCUT2D eigenvalue weighted by Crippen LogP contribution is -1.89. The first kappa shape index (κ1) is 8.43. The Hall–Kier alpha value is -0.670. The smallest absolute Gasteiger partial charge is 0.284 e. The van der Waals surface area contributed by atoms with Crippen molar-refractivity contribution in [3.8, 4) is 0 Å². The van der Waals surface area contributed by atoms with Gasteiger partial charge in [-0.15, -0.1) is 0 Å². The molecule has 0 saturated heterocycles. The standard InChI is InChI=1S/C7H6ClNOS/c1-5-2-3-6(8)7(4-5)9(10)11/h2-4H,1H3. The van der Waals surface area contributed by atoms with Crippen molar-refractivity contribution in [3.63, 3.8) is 0 Å². The van der Waals surface area contributed by atoms with Crippen LogP contribution in [-0.4, -0.2) is 4.11 Å². The van der Waals surface area contributed by atoms with Crippen LogP contribution in [0.25, 0.3) is 0 Å². The van der Waals surface area contributed by atoms with E-state index in [0.29, 0.717) is 14.8 Å². The van der Waals surface area contributed by atoms with E-state index in [1.165, 1.54) is 0 Å². The Morgan fingerprint density at radius 2 is 2.18 bits per heavy atom. The number of hydrogen-bond acceptors (Lipinski definition) is 2. The summed E-state index contributed by atoms with van der Waals surface area (Å²) in [6, 6.07) is 5.14. The van der Waals surface area contributed by atoms with Crippen molar-refractivity contribution in [1.82, 2.24) is 0 Å². The molecule has 0 unspecified atom stereocenters. The average molecular weight is 188 g/mol. The number of rotatable bonds is 1. The zero-order chi connectivity index (χ0) is 8.43. The van der Waals surface area contributed by atoms with E-state index in [1.54, 1.807) is 12.1 Å². The summed E-state index contributed by atoms with van der Waals surface area (Å²) in [6.07, 6.45) is 0. The van der Waals surface area contributed by atoms with Gasteiger partial charge in [0.2, 0.25) is 0 Å². The molecule has 0 fully saturated rings. The molecular weight excluding hydrogens is 182 g/mol. The quantitative estimate of drug-likeness (QED) is 0.499. The predicted molar refractivity (Wildman–Crippen MR) is 46.8 cm³/mol. The monoisotopic (exact) mass is 187 g/mol. The highest BCUT2D eigenvalue weighted by Gasteiger charge is 2.06. The average Bonchev–Trinajstić information content (AvgIpc) is 1.94. The van der Waals surface area contributed by atoms with Gasteiger partial charge < -0.3 is 5.21 Å². The molecule has 0 amide bonds. The Labute approximate surface area is 75.1 Å². The second-order valence-electron chi connectivity index (χ2n) is 2.21. The molecule has 0 aliphatic heterocycles. The maximum absolute atomic E-state index is 10.7. The molecule has 0 aromatic heterocycles. The van der Waals surface area contributed by atoms with Gasteiger partial charge in [0, 0.05) is 6.07 Å². The molecule has 0 atom stereocenters. The van der Waals surface area contributed by atoms with Gasteiger partial charge in [-0.05, 0) is 18.6 Å². The molecule has 58 valence electrons. The summed E-state index contributed by atoms with van der Waals surface area (Å²) < 4.78 is 0.343. The van der Waals surface area contributed by atoms with Gasteiger partial charge in [-0.3, -0.25) is 0 Å². The van der Waals surface area contributed by atoms with Crippen LogP contribution in [-0.2, 0) is 12.4 Å². The van der Waals surface area contributed by atoms with Gasteiger partial charge in [-0.1, -0.05) is 21.8 Å². The largest absolute Gasteiger partial charge is 0.605 e. The van der Waals surface area contributed by atoms with Gasteiger partial charge in [0.05, 0.1) is 0 Å². The summed E-state index contributed by atoms with van der Waals surface area (Å²) >= 11 is 10.1. The fraction of sp³-hybridized carbons (Fsp3) is 0.143. The highest BCUT2D eigenvalue weighted by atomic mass is 35.5. The maximum atomic E-state index is 10.7. The molecule has 1 aromatic carbocycles. The summed E-state index contributed by atoms with van der Waals surface area (Å²) in [4.78, 5) is 0. The zero-order valence-corrected chi connectivity index (χ0v) is 7.45. The lowest BCUT2D eigenvalue weighted by molar-refractivity contribution is -0.325. The number of nitrogens with zero attached hydrogens (tertiary/aromatic N) is 1. The van der Waals surface area contributed by atoms with Gasteiger partial charge >= 0.3 is 0 Å². The van der Waals surface area contributed by atoms with Crippen LogP contribution in [0, 0.1) is 12.1 Å². The van der Waals surface area contributed by atoms with Crippen LogP contribution in [0.4, 0.5) is 5.69 Å². The van der Waals surface area contributed by atoms with Crippen LogP contribution < -0.4 is 0 Å². The van der Waals surface area contributed by atoms with E-state index in [-0.39, 0.29) is 0 Å². The second-order valence-corrected chi connectivity index (χ2v) is 2.95. The normalized spacial score (nSPS) is 9.64. The van der Waals surface area contributed by atoms with Crippen LogP contribution in [0.1, 0.15) is 5.56 Å². The number of halogens is 1. The molecule has 2 nitrogen and oxygen atoms in total. The third kappa shape index (κ3) is 1.88. The Morgan fingerprint density at radius 3 is 2.64 bits per heavy atom. The van der Waals surface area contributed by atoms with Crippen LogP contribution in [0.5, 0.6) is 0 Å². The molecule has 0 saturated carbocycles. The molecule has 0 spiro atoms. The van der Waals surface area contributed by atoms with Crippen molar-refractivity contribution >= 4 is 29.7 Å². The Morgan fingerprint density at radius 1 is 1.55 bits per heavy atom. The Bertz CT molecular complexity index is 300. The maximum Gasteiger partial charge on any atom is 0.284 e. The first-order chi connectivity index (χ1) is 5.11. The molecule has 0 bridgehead atoms. The lowest BCUT2D eigenvalue weighted by Gasteiger charge is -1.99. The first-order valence-corrected chi connectivity index (χ1v) is 3.76. The fourth-order valence-electron chi connectivity index (χ4n) is 0.763. The molecule has 1 rings (SSSR count). The number of aryl methyl sites for hydroxylation is 1. The number of benzene rings is 1. The van der Waals surface area contributed by atoms with Gasteiger partial charge in [-0.25, -0.2) is 0 Å². The second kappa shape index (κ2) is 3.15. The summed E-state index contributed by atoms with van der Waals surface area (Å²) in [7, 11) is 0. The van der Waals surface area contributed by atoms with Crippen molar-refractivity contribution in [1.29, 1.82) is 0 Å². The summed E-state index contributed by atoms with van der Waals surface area (Å²) in [5.41, 5.74) is 1.30. The highest BCUT2D eigenvalue weighted by molar-refractivity contribution is 7.44. The topological polar surface area (TPSA) is 26.1 Å². The molecule has 0 aliphatic carbocycles. The van der Waals surface area contributed by atoms with Crippen LogP contribution in [0.2, 0.25) is 5.02 Å². The van der Waals surface area contributed by atoms with Gasteiger partial charge in [0.25, 0.3) is 18.1 Å². The zero-order valence-electron chi connectivity index (χ0n) is 5.87. The minimum atomic E-state index is 0.335. The SMILES string of the molecule is Cc1ccc(Cl)c([N+]([O-])=S)c1. The third-order valence-corrected chi connectivity index (χ3v) is 1.81. The van der Waals surface area contributed by atoms with E-state index >= 15 is 0 Å². The van der Waals surface area contributed by atoms with Crippen molar-refractivity contribution in [2.24, 2.45) is 0 Å². The van der Waals surface area contributed by atoms with E-state index in [0.717, 1.165) is 5.56 Å². The van der Waals surface area contributed by atoms with E-state index in [2.05, 4.69) is 12.4 Å². The molecule has 0 N–H and O–H groups in total. The number of hydrogen-bond donors (Lipinski definition) is 0. The molecule has 0 heterocycles. The van der Waals surface area contributed by atoms with Crippen LogP contribution in [0.15, 0.2) is 18.2 Å². The molecule has 11 heavy (non-hydrogen) atoms. The Balaban J connectivity index is 3.23. The fourth-order valence-corrected chi connectivity index (χ4v) is 1.16. The van der Waals surface area contributed by atoms with Gasteiger partial charge in [0.15, 0.2) is 0 Å². The van der Waals surface area contributed by atoms with E-state index in [9.17, 15) is 5.21 Å². The summed E-state index contributed by atoms with van der Waals surface area (Å²) in [6.45, 7) is 1.87. The van der Waals surface area contributed by atoms with Crippen molar-refractivity contribution in [3.05, 3.63) is 34.0 Å². The Kier molecular flexibility index (Phi) is 2.42. The van der Waals surface area contributed by atoms with Gasteiger partial charge in [0.1, 0.15) is 5.02 Å². The van der Waals surface area contributed by atoms with E-state index in [4.69, 9.17) is 11.6 Å². The third-order valence-electron chi connectivity index (χ3n) is 1.30. The molecule has 0 radical (unpaired) electrons. The lowest BCUT2D eigenvalue weighted by atomic mass is 10.2.